The van der Waals surface area contributed by atoms with Crippen LogP contribution >= 0.6 is 0 Å². The molecule has 5 fully saturated rings. The summed E-state index contributed by atoms with van der Waals surface area (Å²) in [5.74, 6) is -0.188. The lowest BCUT2D eigenvalue weighted by Gasteiger charge is -2.58. The zero-order valence-corrected chi connectivity index (χ0v) is 25.3. The number of carboxylic acid groups (broad SMARTS) is 1. The third kappa shape index (κ3) is 3.89. The van der Waals surface area contributed by atoms with Crippen molar-refractivity contribution in [1.29, 1.82) is 0 Å². The summed E-state index contributed by atoms with van der Waals surface area (Å²) in [6.45, 7) is 8.39. The zero-order valence-electron chi connectivity index (χ0n) is 25.3. The van der Waals surface area contributed by atoms with Gasteiger partial charge < -0.3 is 33.6 Å². The SMILES string of the molecule is CC(C)C1=CC2CC3(C=O)C4CCC(C)C4CC2(CO[C@@H]2O[C@H](C)[C@@H](OC(=O)OCc4ccccc4)[C@@H]4O[C@H]24)C13C(=O)O. The topological polar surface area (TPSA) is 121 Å². The molecule has 232 valence electrons. The van der Waals surface area contributed by atoms with Crippen molar-refractivity contribution in [1.82, 2.24) is 0 Å². The Morgan fingerprint density at radius 1 is 1.09 bits per heavy atom. The van der Waals surface area contributed by atoms with Gasteiger partial charge in [0.25, 0.3) is 0 Å². The molecule has 4 bridgehead atoms. The van der Waals surface area contributed by atoms with E-state index in [0.29, 0.717) is 18.8 Å². The molecule has 2 saturated heterocycles. The Bertz CT molecular complexity index is 1320. The fourth-order valence-electron chi connectivity index (χ4n) is 10.3. The van der Waals surface area contributed by atoms with E-state index in [9.17, 15) is 19.5 Å². The fourth-order valence-corrected chi connectivity index (χ4v) is 10.3. The van der Waals surface area contributed by atoms with Crippen LogP contribution in [-0.4, -0.2) is 60.8 Å². The third-order valence-electron chi connectivity index (χ3n) is 12.0. The Morgan fingerprint density at radius 2 is 1.86 bits per heavy atom. The molecule has 1 N–H and O–H groups in total. The number of carbonyl (C=O) groups is 3. The standard InChI is InChI=1S/C34H42O9/c1-18(2)25-12-22-13-32(16-35)24-11-10-19(3)23(24)14-33(22,34(25,32)30(36)37)17-40-29-28-27(42-28)26(20(4)41-29)43-31(38)39-15-21-8-6-5-7-9-21/h5-9,12,16,18-20,22-24,26-29H,10-11,13-15,17H2,1-4H3,(H,36,37)/t19?,20-,22?,23?,24?,26-,27+,28+,29-,32?,33?,34?/m1/s1. The molecule has 3 saturated carbocycles. The van der Waals surface area contributed by atoms with Gasteiger partial charge in [-0.05, 0) is 61.3 Å². The number of benzene rings is 1. The number of aliphatic carboxylic acids is 1. The van der Waals surface area contributed by atoms with Gasteiger partial charge in [0.05, 0.1) is 18.1 Å². The Morgan fingerprint density at radius 3 is 2.56 bits per heavy atom. The second-order valence-electron chi connectivity index (χ2n) is 14.2. The summed E-state index contributed by atoms with van der Waals surface area (Å²) in [4.78, 5) is 39.3. The molecule has 0 radical (unpaired) electrons. The molecule has 9 nitrogen and oxygen atoms in total. The first-order valence-corrected chi connectivity index (χ1v) is 15.8. The van der Waals surface area contributed by atoms with Gasteiger partial charge in [-0.2, -0.15) is 0 Å². The molecule has 9 heteroatoms. The quantitative estimate of drug-likeness (QED) is 0.179. The number of carboxylic acids is 1. The van der Waals surface area contributed by atoms with Crippen LogP contribution in [0.25, 0.3) is 0 Å². The number of rotatable bonds is 9. The van der Waals surface area contributed by atoms with Crippen LogP contribution in [0.2, 0.25) is 0 Å². The van der Waals surface area contributed by atoms with Crippen LogP contribution in [0.4, 0.5) is 4.79 Å². The molecular formula is C34H42O9. The molecule has 4 aliphatic carbocycles. The van der Waals surface area contributed by atoms with Crippen molar-refractivity contribution < 1.29 is 43.2 Å². The first kappa shape index (κ1) is 29.0. The maximum Gasteiger partial charge on any atom is 0.509 e. The predicted molar refractivity (Wildman–Crippen MR) is 152 cm³/mol. The van der Waals surface area contributed by atoms with Gasteiger partial charge in [0.2, 0.25) is 0 Å². The number of fused-ring (bicyclic) bond motifs is 3. The van der Waals surface area contributed by atoms with Crippen LogP contribution in [-0.2, 0) is 39.9 Å². The Hall–Kier alpha value is -2.75. The minimum Gasteiger partial charge on any atom is -0.481 e. The van der Waals surface area contributed by atoms with Gasteiger partial charge in [0.1, 0.15) is 30.5 Å². The number of hydrogen-bond donors (Lipinski definition) is 1. The highest BCUT2D eigenvalue weighted by Crippen LogP contribution is 2.82. The van der Waals surface area contributed by atoms with E-state index in [1.54, 1.807) is 6.92 Å². The summed E-state index contributed by atoms with van der Waals surface area (Å²) >= 11 is 0. The van der Waals surface area contributed by atoms with Crippen LogP contribution in [0.15, 0.2) is 42.0 Å². The normalized spacial score (nSPS) is 45.2. The van der Waals surface area contributed by atoms with Crippen LogP contribution in [0, 0.1) is 45.8 Å². The second kappa shape index (κ2) is 10.1. The van der Waals surface area contributed by atoms with Crippen molar-refractivity contribution in [3.63, 3.8) is 0 Å². The maximum absolute atomic E-state index is 13.6. The largest absolute Gasteiger partial charge is 0.509 e. The molecule has 7 rings (SSSR count). The fraction of sp³-hybridized carbons (Fsp3) is 0.676. The highest BCUT2D eigenvalue weighted by atomic mass is 16.8. The number of allylic oxidation sites excluding steroid dienone is 1. The molecule has 0 spiro atoms. The van der Waals surface area contributed by atoms with Crippen molar-refractivity contribution in [2.45, 2.75) is 90.7 Å². The lowest BCUT2D eigenvalue weighted by molar-refractivity contribution is -0.236. The monoisotopic (exact) mass is 594 g/mol. The van der Waals surface area contributed by atoms with Crippen LogP contribution in [0.1, 0.15) is 58.9 Å². The van der Waals surface area contributed by atoms with Gasteiger partial charge in [0.15, 0.2) is 12.4 Å². The molecule has 43 heavy (non-hydrogen) atoms. The van der Waals surface area contributed by atoms with Crippen LogP contribution in [0.5, 0.6) is 0 Å². The van der Waals surface area contributed by atoms with E-state index in [0.717, 1.165) is 30.3 Å². The Kier molecular flexibility index (Phi) is 6.84. The van der Waals surface area contributed by atoms with Gasteiger partial charge in [-0.25, -0.2) is 4.79 Å². The number of carbonyl (C=O) groups excluding carboxylic acids is 2. The van der Waals surface area contributed by atoms with Crippen molar-refractivity contribution in [2.24, 2.45) is 45.8 Å². The molecule has 0 amide bonds. The number of hydrogen-bond acceptors (Lipinski definition) is 8. The summed E-state index contributed by atoms with van der Waals surface area (Å²) in [6, 6.07) is 9.37. The molecule has 12 atom stereocenters. The van der Waals surface area contributed by atoms with E-state index in [4.69, 9.17) is 23.7 Å². The smallest absolute Gasteiger partial charge is 0.481 e. The molecule has 2 aliphatic heterocycles. The maximum atomic E-state index is 13.6. The predicted octanol–water partition coefficient (Wildman–Crippen LogP) is 5.16. The van der Waals surface area contributed by atoms with Gasteiger partial charge >= 0.3 is 12.1 Å². The van der Waals surface area contributed by atoms with E-state index < -0.39 is 59.1 Å². The summed E-state index contributed by atoms with van der Waals surface area (Å²) in [7, 11) is 0. The number of aldehydes is 1. The third-order valence-corrected chi connectivity index (χ3v) is 12.0. The van der Waals surface area contributed by atoms with Crippen molar-refractivity contribution in [3.05, 3.63) is 47.5 Å². The van der Waals surface area contributed by atoms with Gasteiger partial charge in [-0.1, -0.05) is 69.2 Å². The van der Waals surface area contributed by atoms with E-state index in [1.165, 1.54) is 0 Å². The number of ether oxygens (including phenoxy) is 5. The second-order valence-corrected chi connectivity index (χ2v) is 14.2. The van der Waals surface area contributed by atoms with E-state index in [1.807, 2.05) is 44.2 Å². The van der Waals surface area contributed by atoms with Crippen molar-refractivity contribution >= 4 is 18.4 Å². The molecule has 0 aromatic heterocycles. The van der Waals surface area contributed by atoms with E-state index in [-0.39, 0.29) is 36.9 Å². The summed E-state index contributed by atoms with van der Waals surface area (Å²) in [5, 5.41) is 11.2. The summed E-state index contributed by atoms with van der Waals surface area (Å²) in [5.41, 5.74) is -1.25. The molecule has 1 aromatic carbocycles. The van der Waals surface area contributed by atoms with Gasteiger partial charge in [-0.3, -0.25) is 4.79 Å². The highest BCUT2D eigenvalue weighted by molar-refractivity contribution is 5.90. The lowest BCUT2D eigenvalue weighted by Crippen LogP contribution is -2.64. The summed E-state index contributed by atoms with van der Waals surface area (Å²) in [6.07, 6.45) is 2.86. The minimum absolute atomic E-state index is 0.00266. The summed E-state index contributed by atoms with van der Waals surface area (Å²) < 4.78 is 29.6. The lowest BCUT2D eigenvalue weighted by atomic mass is 9.43. The first-order chi connectivity index (χ1) is 20.6. The molecule has 1 aromatic rings. The Labute approximate surface area is 252 Å². The van der Waals surface area contributed by atoms with Gasteiger partial charge in [-0.15, -0.1) is 0 Å². The Balaban J connectivity index is 1.09. The zero-order chi connectivity index (χ0) is 30.3. The van der Waals surface area contributed by atoms with Gasteiger partial charge in [0, 0.05) is 5.41 Å². The van der Waals surface area contributed by atoms with Crippen molar-refractivity contribution in [3.8, 4) is 0 Å². The molecule has 6 aliphatic rings. The van der Waals surface area contributed by atoms with E-state index in [2.05, 4.69) is 13.0 Å². The molecule has 2 heterocycles. The highest BCUT2D eigenvalue weighted by Gasteiger charge is 2.84. The average Bonchev–Trinajstić information content (AvgIpc) is 3.59. The van der Waals surface area contributed by atoms with Crippen LogP contribution < -0.4 is 0 Å². The average molecular weight is 595 g/mol. The molecule has 7 unspecified atom stereocenters. The van der Waals surface area contributed by atoms with Crippen molar-refractivity contribution in [2.75, 3.05) is 6.61 Å². The van der Waals surface area contributed by atoms with E-state index >= 15 is 0 Å². The first-order valence-electron chi connectivity index (χ1n) is 15.8. The van der Waals surface area contributed by atoms with Crippen LogP contribution in [0.3, 0.4) is 0 Å². The minimum atomic E-state index is -1.30. The number of epoxide rings is 1. The molecular weight excluding hydrogens is 552 g/mol.